The summed E-state index contributed by atoms with van der Waals surface area (Å²) in [5, 5.41) is 38.4. The van der Waals surface area contributed by atoms with Crippen LogP contribution in [-0.4, -0.2) is 89.4 Å². The van der Waals surface area contributed by atoms with Crippen LogP contribution in [0.1, 0.15) is 68.8 Å². The van der Waals surface area contributed by atoms with Crippen molar-refractivity contribution in [2.45, 2.75) is 95.4 Å². The number of aliphatic carboxylic acids is 1. The molecule has 0 radical (unpaired) electrons. The number of rotatable bonds is 15. The number of carboxylic acid groups (broad SMARTS) is 1. The first kappa shape index (κ1) is 25.3. The van der Waals surface area contributed by atoms with Crippen molar-refractivity contribution in [3.8, 4) is 0 Å². The first-order valence-electron chi connectivity index (χ1n) is 13.6. The Balaban J connectivity index is 1.63. The molecule has 5 atom stereocenters. The van der Waals surface area contributed by atoms with Crippen LogP contribution in [-0.2, 0) is 33.3 Å². The van der Waals surface area contributed by atoms with Crippen molar-refractivity contribution in [2.75, 3.05) is 20.8 Å². The molecule has 2 unspecified atom stereocenters. The number of ketones is 2. The summed E-state index contributed by atoms with van der Waals surface area (Å²) in [5.74, 6) is -3.63. The van der Waals surface area contributed by atoms with Gasteiger partial charge in [0.2, 0.25) is 23.1 Å². The molecule has 36 heavy (non-hydrogen) atoms. The molecule has 0 aromatic carbocycles. The smallest absolute Gasteiger partial charge is 0.335 e. The van der Waals surface area contributed by atoms with Crippen LogP contribution in [0.25, 0.3) is 0 Å². The van der Waals surface area contributed by atoms with Crippen molar-refractivity contribution in [3.63, 3.8) is 0 Å². The number of carbonyl (C=O) groups excluding carboxylic acids is 2. The largest absolute Gasteiger partial charge is 0.489 e. The number of ether oxygens (including phenoxy) is 4. The summed E-state index contributed by atoms with van der Waals surface area (Å²) in [4.78, 5) is 36.5. The van der Waals surface area contributed by atoms with Crippen molar-refractivity contribution in [3.05, 3.63) is 22.7 Å². The predicted molar refractivity (Wildman–Crippen MR) is 126 cm³/mol. The quantitative estimate of drug-likeness (QED) is 0.140. The number of hydrogen-bond acceptors (Lipinski definition) is 10. The Hall–Kier alpha value is -2.31. The molecule has 0 amide bonds. The minimum absolute atomic E-state index is 0.164. The summed E-state index contributed by atoms with van der Waals surface area (Å²) in [6.45, 7) is 1.67. The van der Waals surface area contributed by atoms with Crippen LogP contribution in [0.15, 0.2) is 22.7 Å². The van der Waals surface area contributed by atoms with Gasteiger partial charge in [-0.15, -0.1) is 0 Å². The summed E-state index contributed by atoms with van der Waals surface area (Å²) < 4.78 is 41.8. The Morgan fingerprint density at radius 3 is 2.06 bits per heavy atom. The average Bonchev–Trinajstić information content (AvgIpc) is 2.86. The maximum Gasteiger partial charge on any atom is 0.335 e. The monoisotopic (exact) mass is 518 g/mol. The number of carboxylic acids is 1. The number of methoxy groups -OCH3 is 2. The normalized spacial score (nSPS) is 28.6. The van der Waals surface area contributed by atoms with Gasteiger partial charge < -0.3 is 39.4 Å². The first-order chi connectivity index (χ1) is 18.3. The summed E-state index contributed by atoms with van der Waals surface area (Å²) >= 11 is 0. The SMILES string of the molecule is [2H][13C]([2H])([2H])OC1=C(OC)C(=O)C(CCCCCCCCCCO[C@@H]2O[C@H](C(=O)O)[C@@H](O)C(O)C2O)=C(C)C1=O. The maximum atomic E-state index is 12.8. The van der Waals surface area contributed by atoms with Crippen molar-refractivity contribution < 1.29 is 57.9 Å². The third-order valence-corrected chi connectivity index (χ3v) is 6.41. The fourth-order valence-electron chi connectivity index (χ4n) is 4.25. The Kier molecular flexibility index (Phi) is 10.2. The molecule has 2 aliphatic rings. The van der Waals surface area contributed by atoms with Crippen LogP contribution in [0.2, 0.25) is 0 Å². The molecular weight excluding hydrogens is 477 g/mol. The molecule has 0 aromatic rings. The zero-order valence-electron chi connectivity index (χ0n) is 23.6. The van der Waals surface area contributed by atoms with Crippen molar-refractivity contribution in [1.29, 1.82) is 0 Å². The summed E-state index contributed by atoms with van der Waals surface area (Å²) in [7, 11) is -1.70. The van der Waals surface area contributed by atoms with Crippen LogP contribution in [0, 0.1) is 0 Å². The molecule has 4 N–H and O–H groups in total. The van der Waals surface area contributed by atoms with Crippen LogP contribution in [0.5, 0.6) is 0 Å². The highest BCUT2D eigenvalue weighted by molar-refractivity contribution is 6.23. The van der Waals surface area contributed by atoms with Gasteiger partial charge in [-0.1, -0.05) is 38.5 Å². The van der Waals surface area contributed by atoms with Gasteiger partial charge in [-0.05, 0) is 26.2 Å². The van der Waals surface area contributed by atoms with Crippen LogP contribution in [0.3, 0.4) is 0 Å². The fraction of sp³-hybridized carbons (Fsp3) is 0.720. The molecule has 11 heteroatoms. The molecule has 204 valence electrons. The van der Waals surface area contributed by atoms with E-state index in [0.29, 0.717) is 24.8 Å². The van der Waals surface area contributed by atoms with Crippen molar-refractivity contribution in [1.82, 2.24) is 0 Å². The molecule has 1 saturated heterocycles. The van der Waals surface area contributed by atoms with Crippen molar-refractivity contribution >= 4 is 17.5 Å². The summed E-state index contributed by atoms with van der Waals surface area (Å²) in [6, 6.07) is 0. The van der Waals surface area contributed by atoms with Gasteiger partial charge in [0, 0.05) is 17.8 Å². The zero-order chi connectivity index (χ0) is 29.3. The van der Waals surface area contributed by atoms with Gasteiger partial charge in [0.15, 0.2) is 12.4 Å². The Labute approximate surface area is 214 Å². The molecule has 0 aromatic heterocycles. The van der Waals surface area contributed by atoms with E-state index < -0.39 is 61.0 Å². The number of allylic oxidation sites excluding steroid dienone is 2. The van der Waals surface area contributed by atoms with Gasteiger partial charge in [-0.3, -0.25) is 9.59 Å². The first-order valence-corrected chi connectivity index (χ1v) is 12.1. The Bertz CT molecular complexity index is 944. The maximum absolute atomic E-state index is 12.8. The zero-order valence-corrected chi connectivity index (χ0v) is 20.6. The molecular formula is C25H38O11. The molecule has 1 fully saturated rings. The van der Waals surface area contributed by atoms with Gasteiger partial charge in [0.1, 0.15) is 18.3 Å². The van der Waals surface area contributed by atoms with Gasteiger partial charge in [-0.25, -0.2) is 4.79 Å². The number of hydrogen-bond donors (Lipinski definition) is 4. The number of aliphatic hydroxyl groups is 3. The molecule has 0 bridgehead atoms. The van der Waals surface area contributed by atoms with E-state index in [4.69, 9.17) is 28.2 Å². The van der Waals surface area contributed by atoms with E-state index in [2.05, 4.69) is 0 Å². The highest BCUT2D eigenvalue weighted by Crippen LogP contribution is 2.29. The second-order valence-corrected chi connectivity index (χ2v) is 8.91. The minimum Gasteiger partial charge on any atom is -0.489 e. The number of Topliss-reactive ketones (excluding diaryl/α,β-unsaturated/α-hetero) is 2. The van der Waals surface area contributed by atoms with Crippen LogP contribution < -0.4 is 0 Å². The van der Waals surface area contributed by atoms with E-state index >= 15 is 0 Å². The highest BCUT2D eigenvalue weighted by Gasteiger charge is 2.47. The molecule has 0 saturated carbocycles. The molecule has 0 spiro atoms. The van der Waals surface area contributed by atoms with Gasteiger partial charge in [-0.2, -0.15) is 0 Å². The third kappa shape index (κ3) is 7.36. The second kappa shape index (κ2) is 14.4. The lowest BCUT2D eigenvalue weighted by molar-refractivity contribution is -0.294. The van der Waals surface area contributed by atoms with Crippen molar-refractivity contribution in [2.24, 2.45) is 0 Å². The van der Waals surface area contributed by atoms with Crippen LogP contribution in [0.4, 0.5) is 0 Å². The van der Waals surface area contributed by atoms with E-state index in [9.17, 15) is 29.7 Å². The number of carbonyl (C=O) groups is 3. The number of aliphatic hydroxyl groups excluding tert-OH is 3. The fourth-order valence-corrected chi connectivity index (χ4v) is 4.25. The third-order valence-electron chi connectivity index (χ3n) is 6.41. The molecule has 1 aliphatic carbocycles. The standard InChI is InChI=1S/C25H38O11/c1-14-15(17(27)22(34-3)21(33-2)16(14)26)12-10-8-6-4-5-7-9-11-13-35-25-20(30)18(28)19(29)23(36-25)24(31)32/h18-20,23,25,28-30H,4-13H2,1-3H3,(H,31,32)/t18?,19-,20?,23-,25+/m0/s1/i2+1D3. The Morgan fingerprint density at radius 2 is 1.47 bits per heavy atom. The second-order valence-electron chi connectivity index (χ2n) is 8.91. The molecule has 1 heterocycles. The lowest BCUT2D eigenvalue weighted by atomic mass is 9.89. The Morgan fingerprint density at radius 1 is 0.889 bits per heavy atom. The molecule has 2 rings (SSSR count). The lowest BCUT2D eigenvalue weighted by Gasteiger charge is -2.38. The van der Waals surface area contributed by atoms with E-state index in [-0.39, 0.29) is 17.9 Å². The van der Waals surface area contributed by atoms with Gasteiger partial charge in [0.25, 0.3) is 0 Å². The average molecular weight is 519 g/mol. The summed E-state index contributed by atoms with van der Waals surface area (Å²) in [5.41, 5.74) is 0.469. The number of unbranched alkanes of at least 4 members (excludes halogenated alkanes) is 7. The summed E-state index contributed by atoms with van der Waals surface area (Å²) in [6.07, 6.45) is -0.928. The molecule has 11 nitrogen and oxygen atoms in total. The minimum atomic E-state index is -2.88. The van der Waals surface area contributed by atoms with E-state index in [1.807, 2.05) is 0 Å². The van der Waals surface area contributed by atoms with E-state index in [1.165, 1.54) is 14.0 Å². The predicted octanol–water partition coefficient (Wildman–Crippen LogP) is 1.38. The highest BCUT2D eigenvalue weighted by atomic mass is 16.7. The van der Waals surface area contributed by atoms with Gasteiger partial charge in [0.05, 0.1) is 18.3 Å². The van der Waals surface area contributed by atoms with Crippen LogP contribution >= 0.6 is 0 Å². The van der Waals surface area contributed by atoms with Gasteiger partial charge >= 0.3 is 5.97 Å². The van der Waals surface area contributed by atoms with E-state index in [1.54, 1.807) is 0 Å². The molecule has 1 aliphatic heterocycles. The topological polar surface area (TPSA) is 169 Å². The van der Waals surface area contributed by atoms with E-state index in [0.717, 1.165) is 38.5 Å². The lowest BCUT2D eigenvalue weighted by Crippen LogP contribution is -2.60.